The second-order valence-corrected chi connectivity index (χ2v) is 6.37. The standard InChI is InChI=1S/C15H28O2/c1-12-6-5-9-15(11-12,17-2)14(16)10-13-7-3-4-8-13/h12-14,16H,3-11H2,1-2H3. The van der Waals surface area contributed by atoms with Gasteiger partial charge >= 0.3 is 0 Å². The van der Waals surface area contributed by atoms with Gasteiger partial charge in [0.2, 0.25) is 0 Å². The molecule has 0 aromatic heterocycles. The van der Waals surface area contributed by atoms with E-state index in [9.17, 15) is 5.11 Å². The van der Waals surface area contributed by atoms with Crippen molar-refractivity contribution in [1.29, 1.82) is 0 Å². The minimum atomic E-state index is -0.252. The molecule has 3 unspecified atom stereocenters. The molecule has 0 spiro atoms. The molecular weight excluding hydrogens is 212 g/mol. The second-order valence-electron chi connectivity index (χ2n) is 6.37. The Balaban J connectivity index is 1.95. The summed E-state index contributed by atoms with van der Waals surface area (Å²) < 4.78 is 5.77. The Kier molecular flexibility index (Phi) is 4.48. The van der Waals surface area contributed by atoms with E-state index in [1.807, 2.05) is 0 Å². The van der Waals surface area contributed by atoms with Crippen molar-refractivity contribution in [2.45, 2.75) is 76.4 Å². The molecule has 1 N–H and O–H groups in total. The zero-order valence-electron chi connectivity index (χ0n) is 11.5. The monoisotopic (exact) mass is 240 g/mol. The lowest BCUT2D eigenvalue weighted by atomic mass is 9.73. The molecule has 0 aliphatic heterocycles. The third kappa shape index (κ3) is 3.03. The smallest absolute Gasteiger partial charge is 0.0939 e. The van der Waals surface area contributed by atoms with E-state index in [0.29, 0.717) is 5.92 Å². The molecule has 0 aromatic rings. The lowest BCUT2D eigenvalue weighted by Crippen LogP contribution is -2.48. The molecule has 0 aromatic carbocycles. The predicted molar refractivity (Wildman–Crippen MR) is 70.0 cm³/mol. The van der Waals surface area contributed by atoms with Gasteiger partial charge in [-0.1, -0.05) is 45.4 Å². The van der Waals surface area contributed by atoms with Gasteiger partial charge in [-0.25, -0.2) is 0 Å². The van der Waals surface area contributed by atoms with Gasteiger partial charge in [0.05, 0.1) is 11.7 Å². The Hall–Kier alpha value is -0.0800. The summed E-state index contributed by atoms with van der Waals surface area (Å²) in [4.78, 5) is 0. The first-order valence-corrected chi connectivity index (χ1v) is 7.39. The fourth-order valence-electron chi connectivity index (χ4n) is 3.94. The average molecular weight is 240 g/mol. The Morgan fingerprint density at radius 3 is 2.53 bits per heavy atom. The third-order valence-electron chi connectivity index (χ3n) is 5.04. The van der Waals surface area contributed by atoms with E-state index in [1.165, 1.54) is 38.5 Å². The molecule has 2 heteroatoms. The first-order chi connectivity index (χ1) is 8.16. The van der Waals surface area contributed by atoms with Crippen LogP contribution in [0, 0.1) is 11.8 Å². The maximum Gasteiger partial charge on any atom is 0.0939 e. The lowest BCUT2D eigenvalue weighted by molar-refractivity contribution is -0.137. The number of aliphatic hydroxyl groups is 1. The van der Waals surface area contributed by atoms with Crippen molar-refractivity contribution in [3.63, 3.8) is 0 Å². The van der Waals surface area contributed by atoms with Crippen LogP contribution in [-0.2, 0) is 4.74 Å². The minimum Gasteiger partial charge on any atom is -0.390 e. The quantitative estimate of drug-likeness (QED) is 0.814. The molecule has 2 aliphatic rings. The number of methoxy groups -OCH3 is 1. The first kappa shape index (κ1) is 13.4. The van der Waals surface area contributed by atoms with Crippen LogP contribution in [0.5, 0.6) is 0 Å². The lowest BCUT2D eigenvalue weighted by Gasteiger charge is -2.43. The number of ether oxygens (including phenoxy) is 1. The van der Waals surface area contributed by atoms with E-state index >= 15 is 0 Å². The SMILES string of the molecule is COC1(C(O)CC2CCCC2)CCCC(C)C1. The maximum absolute atomic E-state index is 10.6. The minimum absolute atomic E-state index is 0.236. The normalized spacial score (nSPS) is 37.2. The summed E-state index contributed by atoms with van der Waals surface area (Å²) in [5, 5.41) is 10.6. The Morgan fingerprint density at radius 2 is 1.94 bits per heavy atom. The fraction of sp³-hybridized carbons (Fsp3) is 1.00. The maximum atomic E-state index is 10.6. The van der Waals surface area contributed by atoms with Crippen LogP contribution in [0.25, 0.3) is 0 Å². The van der Waals surface area contributed by atoms with Gasteiger partial charge in [0.1, 0.15) is 0 Å². The topological polar surface area (TPSA) is 29.5 Å². The van der Waals surface area contributed by atoms with Gasteiger partial charge in [0, 0.05) is 7.11 Å². The van der Waals surface area contributed by atoms with E-state index < -0.39 is 0 Å². The molecule has 2 nitrogen and oxygen atoms in total. The van der Waals surface area contributed by atoms with Gasteiger partial charge in [0.15, 0.2) is 0 Å². The molecule has 2 fully saturated rings. The molecule has 0 amide bonds. The van der Waals surface area contributed by atoms with E-state index in [2.05, 4.69) is 6.92 Å². The summed E-state index contributed by atoms with van der Waals surface area (Å²) in [5.41, 5.74) is -0.236. The summed E-state index contributed by atoms with van der Waals surface area (Å²) in [6, 6.07) is 0. The fourth-order valence-corrected chi connectivity index (χ4v) is 3.94. The molecule has 2 saturated carbocycles. The zero-order valence-corrected chi connectivity index (χ0v) is 11.5. The van der Waals surface area contributed by atoms with Crippen LogP contribution in [0.3, 0.4) is 0 Å². The number of aliphatic hydroxyl groups excluding tert-OH is 1. The molecule has 3 atom stereocenters. The van der Waals surface area contributed by atoms with Crippen molar-refractivity contribution < 1.29 is 9.84 Å². The molecule has 2 rings (SSSR count). The van der Waals surface area contributed by atoms with E-state index in [1.54, 1.807) is 7.11 Å². The van der Waals surface area contributed by atoms with Crippen LogP contribution < -0.4 is 0 Å². The van der Waals surface area contributed by atoms with Crippen LogP contribution in [0.4, 0.5) is 0 Å². The van der Waals surface area contributed by atoms with Crippen molar-refractivity contribution in [3.05, 3.63) is 0 Å². The van der Waals surface area contributed by atoms with Crippen molar-refractivity contribution in [3.8, 4) is 0 Å². The summed E-state index contributed by atoms with van der Waals surface area (Å²) in [6.07, 6.45) is 10.6. The summed E-state index contributed by atoms with van der Waals surface area (Å²) >= 11 is 0. The summed E-state index contributed by atoms with van der Waals surface area (Å²) in [5.74, 6) is 1.44. The summed E-state index contributed by atoms with van der Waals surface area (Å²) in [6.45, 7) is 2.29. The van der Waals surface area contributed by atoms with Crippen LogP contribution >= 0.6 is 0 Å². The number of rotatable bonds is 4. The molecule has 0 radical (unpaired) electrons. The van der Waals surface area contributed by atoms with Gasteiger partial charge in [-0.3, -0.25) is 0 Å². The Bertz CT molecular complexity index is 235. The molecule has 0 heterocycles. The van der Waals surface area contributed by atoms with Crippen LogP contribution in [-0.4, -0.2) is 23.9 Å². The highest BCUT2D eigenvalue weighted by atomic mass is 16.5. The van der Waals surface area contributed by atoms with Crippen LogP contribution in [0.15, 0.2) is 0 Å². The van der Waals surface area contributed by atoms with Crippen molar-refractivity contribution in [2.75, 3.05) is 7.11 Å². The van der Waals surface area contributed by atoms with Crippen molar-refractivity contribution in [2.24, 2.45) is 11.8 Å². The predicted octanol–water partition coefficient (Wildman–Crippen LogP) is 3.52. The van der Waals surface area contributed by atoms with Crippen LogP contribution in [0.1, 0.15) is 64.7 Å². The zero-order chi connectivity index (χ0) is 12.3. The van der Waals surface area contributed by atoms with Gasteiger partial charge in [-0.15, -0.1) is 0 Å². The highest BCUT2D eigenvalue weighted by Crippen LogP contribution is 2.40. The van der Waals surface area contributed by atoms with Gasteiger partial charge in [0.25, 0.3) is 0 Å². The van der Waals surface area contributed by atoms with Crippen LogP contribution in [0.2, 0.25) is 0 Å². The number of hydrogen-bond donors (Lipinski definition) is 1. The Labute approximate surface area is 106 Å². The first-order valence-electron chi connectivity index (χ1n) is 7.39. The van der Waals surface area contributed by atoms with E-state index in [-0.39, 0.29) is 11.7 Å². The van der Waals surface area contributed by atoms with E-state index in [0.717, 1.165) is 25.2 Å². The molecule has 2 aliphatic carbocycles. The average Bonchev–Trinajstić information content (AvgIpc) is 2.81. The van der Waals surface area contributed by atoms with Gasteiger partial charge in [-0.2, -0.15) is 0 Å². The van der Waals surface area contributed by atoms with Crippen molar-refractivity contribution in [1.82, 2.24) is 0 Å². The Morgan fingerprint density at radius 1 is 1.24 bits per heavy atom. The third-order valence-corrected chi connectivity index (χ3v) is 5.04. The largest absolute Gasteiger partial charge is 0.390 e. The van der Waals surface area contributed by atoms with Gasteiger partial charge in [-0.05, 0) is 31.1 Å². The molecule has 0 saturated heterocycles. The molecular formula is C15H28O2. The highest BCUT2D eigenvalue weighted by Gasteiger charge is 2.42. The number of hydrogen-bond acceptors (Lipinski definition) is 2. The van der Waals surface area contributed by atoms with E-state index in [4.69, 9.17) is 4.74 Å². The summed E-state index contributed by atoms with van der Waals surface area (Å²) in [7, 11) is 1.79. The molecule has 17 heavy (non-hydrogen) atoms. The van der Waals surface area contributed by atoms with Gasteiger partial charge < -0.3 is 9.84 Å². The molecule has 0 bridgehead atoms. The highest BCUT2D eigenvalue weighted by molar-refractivity contribution is 4.94. The van der Waals surface area contributed by atoms with Crippen molar-refractivity contribution >= 4 is 0 Å². The molecule has 100 valence electrons. The second kappa shape index (κ2) is 5.71.